The molecule has 16 heavy (non-hydrogen) atoms. The molecule has 0 saturated heterocycles. The highest BCUT2D eigenvalue weighted by Gasteiger charge is 2.07. The van der Waals surface area contributed by atoms with Gasteiger partial charge in [0.25, 0.3) is 0 Å². The topological polar surface area (TPSA) is 17.1 Å². The highest BCUT2D eigenvalue weighted by molar-refractivity contribution is 5.50. The lowest BCUT2D eigenvalue weighted by atomic mass is 9.92. The maximum atomic E-state index is 10.4. The number of aryl methyl sites for hydroxylation is 3. The zero-order chi connectivity index (χ0) is 12.1. The van der Waals surface area contributed by atoms with Gasteiger partial charge in [0.2, 0.25) is 0 Å². The quantitative estimate of drug-likeness (QED) is 0.690. The van der Waals surface area contributed by atoms with Crippen LogP contribution in [0.15, 0.2) is 12.1 Å². The summed E-state index contributed by atoms with van der Waals surface area (Å²) in [6, 6.07) is 4.46. The second kappa shape index (κ2) is 5.83. The lowest BCUT2D eigenvalue weighted by Gasteiger charge is -2.14. The van der Waals surface area contributed by atoms with Crippen molar-refractivity contribution in [3.63, 3.8) is 0 Å². The fourth-order valence-corrected chi connectivity index (χ4v) is 2.18. The Morgan fingerprint density at radius 1 is 1.19 bits per heavy atom. The molecule has 0 aliphatic heterocycles. The van der Waals surface area contributed by atoms with Crippen molar-refractivity contribution >= 4 is 6.29 Å². The molecule has 1 rings (SSSR count). The summed E-state index contributed by atoms with van der Waals surface area (Å²) >= 11 is 0. The zero-order valence-electron chi connectivity index (χ0n) is 10.8. The predicted octanol–water partition coefficient (Wildman–Crippen LogP) is 3.63. The van der Waals surface area contributed by atoms with Crippen LogP contribution >= 0.6 is 0 Å². The van der Waals surface area contributed by atoms with Crippen molar-refractivity contribution in [1.82, 2.24) is 0 Å². The number of rotatable bonds is 5. The minimum Gasteiger partial charge on any atom is -0.303 e. The van der Waals surface area contributed by atoms with Gasteiger partial charge in [0.05, 0.1) is 0 Å². The van der Waals surface area contributed by atoms with Gasteiger partial charge >= 0.3 is 0 Å². The predicted molar refractivity (Wildman–Crippen MR) is 68.8 cm³/mol. The van der Waals surface area contributed by atoms with Crippen LogP contribution in [-0.2, 0) is 17.6 Å². The molecule has 0 saturated carbocycles. The summed E-state index contributed by atoms with van der Waals surface area (Å²) in [5.41, 5.74) is 5.50. The minimum atomic E-state index is 0.627. The molecule has 0 aliphatic rings. The molecule has 1 nitrogen and oxygen atoms in total. The van der Waals surface area contributed by atoms with E-state index >= 15 is 0 Å². The fraction of sp³-hybridized carbons (Fsp3) is 0.533. The SMILES string of the molecule is Cc1cc(CCC=O)cc(C)c1CC(C)C. The van der Waals surface area contributed by atoms with E-state index < -0.39 is 0 Å². The Labute approximate surface area is 98.9 Å². The Morgan fingerprint density at radius 2 is 1.75 bits per heavy atom. The average Bonchev–Trinajstić information content (AvgIpc) is 2.20. The summed E-state index contributed by atoms with van der Waals surface area (Å²) in [5.74, 6) is 0.693. The normalized spacial score (nSPS) is 10.8. The molecule has 0 amide bonds. The molecular weight excluding hydrogens is 196 g/mol. The summed E-state index contributed by atoms with van der Waals surface area (Å²) < 4.78 is 0. The molecule has 88 valence electrons. The number of aldehydes is 1. The third-order valence-electron chi connectivity index (χ3n) is 2.92. The molecule has 0 spiro atoms. The van der Waals surface area contributed by atoms with Gasteiger partial charge in [0, 0.05) is 6.42 Å². The van der Waals surface area contributed by atoms with Crippen LogP contribution in [0, 0.1) is 19.8 Å². The molecule has 0 unspecified atom stereocenters. The third kappa shape index (κ3) is 3.48. The molecule has 1 aromatic rings. The molecule has 0 aliphatic carbocycles. The average molecular weight is 218 g/mol. The molecule has 0 atom stereocenters. The van der Waals surface area contributed by atoms with Crippen LogP contribution in [0.4, 0.5) is 0 Å². The second-order valence-corrected chi connectivity index (χ2v) is 5.01. The third-order valence-corrected chi connectivity index (χ3v) is 2.92. The lowest BCUT2D eigenvalue weighted by molar-refractivity contribution is -0.107. The van der Waals surface area contributed by atoms with Crippen molar-refractivity contribution in [3.8, 4) is 0 Å². The van der Waals surface area contributed by atoms with E-state index in [1.165, 1.54) is 22.3 Å². The number of carbonyl (C=O) groups is 1. The van der Waals surface area contributed by atoms with Crippen LogP contribution in [0.2, 0.25) is 0 Å². The van der Waals surface area contributed by atoms with E-state index in [2.05, 4.69) is 39.8 Å². The van der Waals surface area contributed by atoms with Crippen molar-refractivity contribution in [2.24, 2.45) is 5.92 Å². The molecule has 0 fully saturated rings. The number of hydrogen-bond donors (Lipinski definition) is 0. The summed E-state index contributed by atoms with van der Waals surface area (Å²) in [4.78, 5) is 10.4. The summed E-state index contributed by atoms with van der Waals surface area (Å²) in [7, 11) is 0. The second-order valence-electron chi connectivity index (χ2n) is 5.01. The molecule has 0 heterocycles. The van der Waals surface area contributed by atoms with Crippen molar-refractivity contribution < 1.29 is 4.79 Å². The molecule has 0 aromatic heterocycles. The van der Waals surface area contributed by atoms with Gasteiger partial charge in [-0.3, -0.25) is 0 Å². The first-order valence-electron chi connectivity index (χ1n) is 6.07. The van der Waals surface area contributed by atoms with Gasteiger partial charge < -0.3 is 4.79 Å². The van der Waals surface area contributed by atoms with Gasteiger partial charge in [-0.1, -0.05) is 26.0 Å². The summed E-state index contributed by atoms with van der Waals surface area (Å²) in [5, 5.41) is 0. The van der Waals surface area contributed by atoms with Crippen molar-refractivity contribution in [1.29, 1.82) is 0 Å². The molecular formula is C15H22O. The largest absolute Gasteiger partial charge is 0.303 e. The van der Waals surface area contributed by atoms with Crippen molar-refractivity contribution in [2.45, 2.75) is 47.0 Å². The number of hydrogen-bond acceptors (Lipinski definition) is 1. The Bertz CT molecular complexity index is 341. The fourth-order valence-electron chi connectivity index (χ4n) is 2.18. The lowest BCUT2D eigenvalue weighted by Crippen LogP contribution is -2.01. The molecule has 1 heteroatoms. The molecule has 0 radical (unpaired) electrons. The van der Waals surface area contributed by atoms with Gasteiger partial charge in [-0.25, -0.2) is 0 Å². The van der Waals surface area contributed by atoms with Crippen LogP contribution < -0.4 is 0 Å². The van der Waals surface area contributed by atoms with Crippen LogP contribution in [0.3, 0.4) is 0 Å². The monoisotopic (exact) mass is 218 g/mol. The van der Waals surface area contributed by atoms with Crippen LogP contribution in [0.25, 0.3) is 0 Å². The van der Waals surface area contributed by atoms with E-state index in [4.69, 9.17) is 0 Å². The molecule has 1 aromatic carbocycles. The maximum absolute atomic E-state index is 10.4. The number of carbonyl (C=O) groups excluding carboxylic acids is 1. The molecule has 0 N–H and O–H groups in total. The van der Waals surface area contributed by atoms with E-state index in [1.54, 1.807) is 0 Å². The first-order valence-corrected chi connectivity index (χ1v) is 6.07. The highest BCUT2D eigenvalue weighted by atomic mass is 16.1. The van der Waals surface area contributed by atoms with Crippen molar-refractivity contribution in [2.75, 3.05) is 0 Å². The molecule has 0 bridgehead atoms. The van der Waals surface area contributed by atoms with Crippen LogP contribution in [0.1, 0.15) is 42.5 Å². The minimum absolute atomic E-state index is 0.627. The Morgan fingerprint density at radius 3 is 2.19 bits per heavy atom. The van der Waals surface area contributed by atoms with E-state index in [0.717, 1.165) is 19.1 Å². The van der Waals surface area contributed by atoms with E-state index in [0.29, 0.717) is 12.3 Å². The zero-order valence-corrected chi connectivity index (χ0v) is 10.8. The maximum Gasteiger partial charge on any atom is 0.120 e. The van der Waals surface area contributed by atoms with Gasteiger partial charge in [-0.15, -0.1) is 0 Å². The first kappa shape index (κ1) is 13.0. The van der Waals surface area contributed by atoms with Crippen molar-refractivity contribution in [3.05, 3.63) is 34.4 Å². The van der Waals surface area contributed by atoms with Gasteiger partial charge in [0.15, 0.2) is 0 Å². The van der Waals surface area contributed by atoms with E-state index in [1.807, 2.05) is 0 Å². The Hall–Kier alpha value is -1.11. The van der Waals surface area contributed by atoms with Gasteiger partial charge in [-0.05, 0) is 54.9 Å². The summed E-state index contributed by atoms with van der Waals surface area (Å²) in [6.45, 7) is 8.85. The van der Waals surface area contributed by atoms with Crippen LogP contribution in [0.5, 0.6) is 0 Å². The Balaban J connectivity index is 2.93. The van der Waals surface area contributed by atoms with Gasteiger partial charge in [0.1, 0.15) is 6.29 Å². The Kier molecular flexibility index (Phi) is 4.72. The van der Waals surface area contributed by atoms with Gasteiger partial charge in [-0.2, -0.15) is 0 Å². The highest BCUT2D eigenvalue weighted by Crippen LogP contribution is 2.20. The summed E-state index contributed by atoms with van der Waals surface area (Å²) in [6.07, 6.45) is 3.63. The smallest absolute Gasteiger partial charge is 0.120 e. The van der Waals surface area contributed by atoms with Crippen LogP contribution in [-0.4, -0.2) is 6.29 Å². The standard InChI is InChI=1S/C15H22O/c1-11(2)8-15-12(3)9-14(6-5-7-16)10-13(15)4/h7,9-11H,5-6,8H2,1-4H3. The number of benzene rings is 1. The first-order chi connectivity index (χ1) is 7.54. The van der Waals surface area contributed by atoms with E-state index in [9.17, 15) is 4.79 Å². The van der Waals surface area contributed by atoms with E-state index in [-0.39, 0.29) is 0 Å².